The Kier molecular flexibility index (Phi) is 24.5. The summed E-state index contributed by atoms with van der Waals surface area (Å²) in [5.41, 5.74) is 0. The third-order valence-electron chi connectivity index (χ3n) is 8.89. The van der Waals surface area contributed by atoms with Crippen LogP contribution in [0.1, 0.15) is 219 Å². The Labute approximate surface area is 240 Å². The maximum absolute atomic E-state index is 3.70. The molecule has 1 heterocycles. The monoisotopic (exact) mass is 532 g/mol. The van der Waals surface area contributed by atoms with Crippen LogP contribution in [-0.4, -0.2) is 4.98 Å². The van der Waals surface area contributed by atoms with Gasteiger partial charge in [0.05, 0.1) is 12.0 Å². The zero-order chi connectivity index (χ0) is 27.5. The highest BCUT2D eigenvalue weighted by Crippen LogP contribution is 2.27. The van der Waals surface area contributed by atoms with E-state index < -0.39 is 0 Å². The Bertz CT molecular complexity index is 592. The van der Waals surface area contributed by atoms with Crippen molar-refractivity contribution < 1.29 is 4.57 Å². The lowest BCUT2D eigenvalue weighted by Crippen LogP contribution is -2.41. The lowest BCUT2D eigenvalue weighted by atomic mass is 9.93. The Morgan fingerprint density at radius 2 is 0.842 bits per heavy atom. The van der Waals surface area contributed by atoms with Gasteiger partial charge in [0.25, 0.3) is 5.82 Å². The molecule has 2 nitrogen and oxygen atoms in total. The molecule has 0 fully saturated rings. The Morgan fingerprint density at radius 1 is 0.500 bits per heavy atom. The maximum atomic E-state index is 3.70. The summed E-state index contributed by atoms with van der Waals surface area (Å²) in [4.78, 5) is 3.70. The third-order valence-corrected chi connectivity index (χ3v) is 8.89. The third kappa shape index (κ3) is 18.5. The van der Waals surface area contributed by atoms with Gasteiger partial charge in [-0.2, -0.15) is 0 Å². The lowest BCUT2D eigenvalue weighted by Gasteiger charge is -2.17. The second kappa shape index (κ2) is 26.4. The van der Waals surface area contributed by atoms with Crippen molar-refractivity contribution in [3.05, 3.63) is 18.2 Å². The summed E-state index contributed by atoms with van der Waals surface area (Å²) in [6.07, 6.45) is 42.8. The average molecular weight is 532 g/mol. The first-order valence-corrected chi connectivity index (χ1v) is 17.8. The van der Waals surface area contributed by atoms with Crippen molar-refractivity contribution in [1.82, 2.24) is 4.98 Å². The molecule has 1 aromatic heterocycles. The van der Waals surface area contributed by atoms with Crippen LogP contribution in [0, 0.1) is 0 Å². The largest absolute Gasteiger partial charge is 0.257 e. The average Bonchev–Trinajstić information content (AvgIpc) is 3.42. The van der Waals surface area contributed by atoms with Gasteiger partial charge in [-0.25, -0.2) is 9.55 Å². The molecule has 0 bridgehead atoms. The van der Waals surface area contributed by atoms with Crippen LogP contribution in [-0.2, 0) is 0 Å². The minimum absolute atomic E-state index is 0.622. The summed E-state index contributed by atoms with van der Waals surface area (Å²) in [6, 6.07) is 0.622. The number of rotatable bonds is 29. The predicted octanol–water partition coefficient (Wildman–Crippen LogP) is 12.5. The number of nitrogens with one attached hydrogen (secondary N) is 1. The minimum atomic E-state index is 0.622. The van der Waals surface area contributed by atoms with Crippen LogP contribution in [0.3, 0.4) is 0 Å². The highest BCUT2D eigenvalue weighted by Gasteiger charge is 2.25. The van der Waals surface area contributed by atoms with Gasteiger partial charge in [-0.1, -0.05) is 168 Å². The topological polar surface area (TPSA) is 19.7 Å². The molecule has 2 atom stereocenters. The molecule has 1 rings (SSSR count). The second-order valence-corrected chi connectivity index (χ2v) is 12.6. The number of unbranched alkanes of at least 4 members (excludes halogenated alkanes) is 21. The van der Waals surface area contributed by atoms with E-state index in [0.717, 1.165) is 0 Å². The summed E-state index contributed by atoms with van der Waals surface area (Å²) < 4.78 is 2.60. The fraction of sp³-hybridized carbons (Fsp3) is 0.917. The fourth-order valence-corrected chi connectivity index (χ4v) is 6.25. The molecular formula is C36H71N2+. The molecule has 1 N–H and O–H groups in total. The molecule has 0 aliphatic heterocycles. The number of imidazole rings is 1. The van der Waals surface area contributed by atoms with Crippen LogP contribution < -0.4 is 4.57 Å². The first-order chi connectivity index (χ1) is 18.7. The molecule has 1 aromatic rings. The van der Waals surface area contributed by atoms with Gasteiger partial charge in [0.15, 0.2) is 0 Å². The van der Waals surface area contributed by atoms with Gasteiger partial charge in [-0.15, -0.1) is 0 Å². The summed E-state index contributed by atoms with van der Waals surface area (Å²) in [7, 11) is 0. The Balaban J connectivity index is 2.23. The maximum Gasteiger partial charge on any atom is 0.257 e. The normalized spacial score (nSPS) is 13.3. The van der Waals surface area contributed by atoms with E-state index in [0.29, 0.717) is 12.0 Å². The van der Waals surface area contributed by atoms with Gasteiger partial charge in [-0.3, -0.25) is 0 Å². The zero-order valence-electron chi connectivity index (χ0n) is 26.8. The molecule has 0 aliphatic carbocycles. The van der Waals surface area contributed by atoms with Crippen molar-refractivity contribution in [1.29, 1.82) is 0 Å². The Morgan fingerprint density at radius 3 is 1.26 bits per heavy atom. The number of H-pyrrole nitrogens is 1. The van der Waals surface area contributed by atoms with Crippen LogP contribution in [0.2, 0.25) is 0 Å². The Hall–Kier alpha value is -0.790. The van der Waals surface area contributed by atoms with E-state index in [2.05, 4.69) is 49.6 Å². The van der Waals surface area contributed by atoms with E-state index in [1.54, 1.807) is 0 Å². The van der Waals surface area contributed by atoms with Crippen molar-refractivity contribution in [2.75, 3.05) is 0 Å². The van der Waals surface area contributed by atoms with Gasteiger partial charge in [0.2, 0.25) is 0 Å². The van der Waals surface area contributed by atoms with E-state index in [-0.39, 0.29) is 0 Å². The number of aromatic amines is 1. The smallest absolute Gasteiger partial charge is 0.247 e. The number of nitrogens with zero attached hydrogens (tertiary/aromatic N) is 1. The summed E-state index contributed by atoms with van der Waals surface area (Å²) in [6.45, 7) is 9.38. The van der Waals surface area contributed by atoms with Gasteiger partial charge in [0, 0.05) is 0 Å². The predicted molar refractivity (Wildman–Crippen MR) is 170 cm³/mol. The van der Waals surface area contributed by atoms with E-state index in [1.807, 2.05) is 0 Å². The molecule has 0 saturated carbocycles. The number of aromatic nitrogens is 2. The fourth-order valence-electron chi connectivity index (χ4n) is 6.25. The molecule has 224 valence electrons. The molecule has 0 spiro atoms. The summed E-state index contributed by atoms with van der Waals surface area (Å²) >= 11 is 0. The van der Waals surface area contributed by atoms with E-state index in [9.17, 15) is 0 Å². The molecular weight excluding hydrogens is 460 g/mol. The van der Waals surface area contributed by atoms with E-state index in [1.165, 1.54) is 179 Å². The van der Waals surface area contributed by atoms with E-state index in [4.69, 9.17) is 0 Å². The SMILES string of the molecule is CCCCCCCCCCCCCCCCCCC(CCCCCC)c1[nH]cc[n+]1C(C)CCCCCC. The van der Waals surface area contributed by atoms with E-state index >= 15 is 0 Å². The van der Waals surface area contributed by atoms with Crippen LogP contribution in [0.15, 0.2) is 12.4 Å². The van der Waals surface area contributed by atoms with Crippen molar-refractivity contribution in [2.24, 2.45) is 0 Å². The highest BCUT2D eigenvalue weighted by molar-refractivity contribution is 4.90. The molecule has 38 heavy (non-hydrogen) atoms. The number of hydrogen-bond acceptors (Lipinski definition) is 0. The van der Waals surface area contributed by atoms with Crippen LogP contribution >= 0.6 is 0 Å². The van der Waals surface area contributed by atoms with Crippen molar-refractivity contribution in [3.8, 4) is 0 Å². The zero-order valence-corrected chi connectivity index (χ0v) is 26.8. The molecule has 2 unspecified atom stereocenters. The van der Waals surface area contributed by atoms with Gasteiger partial charge < -0.3 is 0 Å². The van der Waals surface area contributed by atoms with Crippen molar-refractivity contribution in [2.45, 2.75) is 213 Å². The van der Waals surface area contributed by atoms with Crippen molar-refractivity contribution in [3.63, 3.8) is 0 Å². The van der Waals surface area contributed by atoms with Crippen LogP contribution in [0.5, 0.6) is 0 Å². The first kappa shape index (κ1) is 35.2. The molecule has 0 aliphatic rings. The van der Waals surface area contributed by atoms with Gasteiger partial charge >= 0.3 is 0 Å². The first-order valence-electron chi connectivity index (χ1n) is 17.8. The molecule has 0 amide bonds. The minimum Gasteiger partial charge on any atom is -0.247 e. The lowest BCUT2D eigenvalue weighted by molar-refractivity contribution is -0.727. The number of hydrogen-bond donors (Lipinski definition) is 1. The second-order valence-electron chi connectivity index (χ2n) is 12.6. The highest BCUT2D eigenvalue weighted by atomic mass is 15.1. The quantitative estimate of drug-likeness (QED) is 0.0783. The standard InChI is InChI=1S/C36H70N2/c1-5-8-11-14-15-16-17-18-19-20-21-22-23-24-25-28-31-35(30-27-13-10-7-3)36-37-32-33-38(36)34(4)29-26-12-9-6-2/h32-35H,5-31H2,1-4H3/p+1. The van der Waals surface area contributed by atoms with Gasteiger partial charge in [-0.05, 0) is 32.6 Å². The van der Waals surface area contributed by atoms with Gasteiger partial charge in [0.1, 0.15) is 12.4 Å². The van der Waals surface area contributed by atoms with Crippen LogP contribution in [0.4, 0.5) is 0 Å². The molecule has 0 saturated heterocycles. The molecule has 0 aromatic carbocycles. The molecule has 0 radical (unpaired) electrons. The summed E-state index contributed by atoms with van der Waals surface area (Å²) in [5.74, 6) is 2.23. The van der Waals surface area contributed by atoms with Crippen molar-refractivity contribution >= 4 is 0 Å². The van der Waals surface area contributed by atoms with Crippen LogP contribution in [0.25, 0.3) is 0 Å². The molecule has 2 heteroatoms. The summed E-state index contributed by atoms with van der Waals surface area (Å²) in [5, 5.41) is 0.